The fourth-order valence-electron chi connectivity index (χ4n) is 2.44. The van der Waals surface area contributed by atoms with Gasteiger partial charge in [-0.25, -0.2) is 9.97 Å². The molecule has 0 unspecified atom stereocenters. The molecule has 1 aromatic carbocycles. The highest BCUT2D eigenvalue weighted by molar-refractivity contribution is 7.99. The van der Waals surface area contributed by atoms with Crippen LogP contribution in [0.15, 0.2) is 47.9 Å². The van der Waals surface area contributed by atoms with E-state index in [9.17, 15) is 0 Å². The molecule has 0 aliphatic carbocycles. The molecule has 0 saturated heterocycles. The third-order valence-corrected chi connectivity index (χ3v) is 4.49. The summed E-state index contributed by atoms with van der Waals surface area (Å²) in [5.41, 5.74) is 2.29. The molecule has 1 aliphatic heterocycles. The zero-order valence-electron chi connectivity index (χ0n) is 12.0. The molecule has 1 aliphatic rings. The summed E-state index contributed by atoms with van der Waals surface area (Å²) in [6.07, 6.45) is 3.52. The van der Waals surface area contributed by atoms with E-state index in [2.05, 4.69) is 54.8 Å². The van der Waals surface area contributed by atoms with Crippen molar-refractivity contribution in [3.8, 4) is 11.4 Å². The second kappa shape index (κ2) is 5.42. The quantitative estimate of drug-likeness (QED) is 0.725. The maximum absolute atomic E-state index is 4.36. The average Bonchev–Trinajstić information content (AvgIpc) is 2.99. The number of rotatable bonds is 2. The highest BCUT2D eigenvalue weighted by atomic mass is 32.2. The highest BCUT2D eigenvalue weighted by Crippen LogP contribution is 2.30. The first-order valence-electron chi connectivity index (χ1n) is 6.96. The van der Waals surface area contributed by atoms with E-state index < -0.39 is 0 Å². The molecule has 0 amide bonds. The van der Waals surface area contributed by atoms with Crippen LogP contribution in [0.2, 0.25) is 0 Å². The molecule has 3 heterocycles. The van der Waals surface area contributed by atoms with E-state index in [0.29, 0.717) is 6.67 Å². The smallest absolute Gasteiger partial charge is 0.227 e. The van der Waals surface area contributed by atoms with Crippen LogP contribution in [-0.2, 0) is 6.67 Å². The number of thioether (sulfide) groups is 1. The van der Waals surface area contributed by atoms with Gasteiger partial charge in [0.05, 0.1) is 5.88 Å². The summed E-state index contributed by atoms with van der Waals surface area (Å²) in [6, 6.07) is 10.1. The van der Waals surface area contributed by atoms with Crippen molar-refractivity contribution >= 4 is 17.7 Å². The van der Waals surface area contributed by atoms with Gasteiger partial charge >= 0.3 is 0 Å². The first-order valence-corrected chi connectivity index (χ1v) is 7.95. The van der Waals surface area contributed by atoms with Crippen molar-refractivity contribution in [1.29, 1.82) is 0 Å². The van der Waals surface area contributed by atoms with Gasteiger partial charge in [0.15, 0.2) is 11.0 Å². The lowest BCUT2D eigenvalue weighted by molar-refractivity contribution is 0.597. The fraction of sp³-hybridized carbons (Fsp3) is 0.200. The molecule has 0 spiro atoms. The van der Waals surface area contributed by atoms with Gasteiger partial charge in [-0.2, -0.15) is 0 Å². The van der Waals surface area contributed by atoms with Crippen LogP contribution in [0.5, 0.6) is 0 Å². The third kappa shape index (κ3) is 2.33. The van der Waals surface area contributed by atoms with Crippen LogP contribution in [-0.4, -0.2) is 30.6 Å². The van der Waals surface area contributed by atoms with E-state index in [1.54, 1.807) is 24.2 Å². The summed E-state index contributed by atoms with van der Waals surface area (Å²) in [6.45, 7) is 2.73. The summed E-state index contributed by atoms with van der Waals surface area (Å²) in [7, 11) is 0. The third-order valence-electron chi connectivity index (χ3n) is 3.49. The molecule has 0 N–H and O–H groups in total. The van der Waals surface area contributed by atoms with E-state index in [1.165, 1.54) is 5.56 Å². The normalized spacial score (nSPS) is 14.0. The lowest BCUT2D eigenvalue weighted by atomic mass is 10.1. The summed E-state index contributed by atoms with van der Waals surface area (Å²) >= 11 is 1.65. The second-order valence-corrected chi connectivity index (χ2v) is 6.02. The summed E-state index contributed by atoms with van der Waals surface area (Å²) < 4.78 is 2.11. The minimum absolute atomic E-state index is 0.655. The Labute approximate surface area is 132 Å². The molecular weight excluding hydrogens is 296 g/mol. The number of fused-ring (bicyclic) bond motifs is 1. The number of hydrogen-bond donors (Lipinski definition) is 0. The number of aryl methyl sites for hydroxylation is 1. The van der Waals surface area contributed by atoms with Crippen molar-refractivity contribution in [2.75, 3.05) is 10.8 Å². The minimum Gasteiger partial charge on any atom is -0.313 e. The molecule has 0 bridgehead atoms. The van der Waals surface area contributed by atoms with Gasteiger partial charge in [-0.1, -0.05) is 35.5 Å². The Bertz CT molecular complexity index is 801. The number of aromatic nitrogens is 5. The van der Waals surface area contributed by atoms with E-state index in [1.807, 2.05) is 12.1 Å². The van der Waals surface area contributed by atoms with Crippen molar-refractivity contribution < 1.29 is 0 Å². The average molecular weight is 310 g/mol. The molecule has 2 aromatic heterocycles. The highest BCUT2D eigenvalue weighted by Gasteiger charge is 2.23. The Kier molecular flexibility index (Phi) is 3.27. The minimum atomic E-state index is 0.655. The Hall–Kier alpha value is -2.41. The predicted molar refractivity (Wildman–Crippen MR) is 85.4 cm³/mol. The first kappa shape index (κ1) is 13.3. The van der Waals surface area contributed by atoms with E-state index in [-0.39, 0.29) is 0 Å². The van der Waals surface area contributed by atoms with Gasteiger partial charge in [0.25, 0.3) is 0 Å². The number of anilines is 1. The van der Waals surface area contributed by atoms with Gasteiger partial charge in [-0.3, -0.25) is 4.57 Å². The molecule has 22 heavy (non-hydrogen) atoms. The maximum atomic E-state index is 4.36. The molecule has 0 atom stereocenters. The molecule has 110 valence electrons. The number of nitrogens with zero attached hydrogens (tertiary/aromatic N) is 6. The molecule has 6 nitrogen and oxygen atoms in total. The Morgan fingerprint density at radius 1 is 1.09 bits per heavy atom. The lowest BCUT2D eigenvalue weighted by Gasteiger charge is -2.27. The van der Waals surface area contributed by atoms with Crippen LogP contribution in [0, 0.1) is 6.92 Å². The van der Waals surface area contributed by atoms with Crippen LogP contribution in [0.1, 0.15) is 5.56 Å². The molecule has 4 rings (SSSR count). The SMILES string of the molecule is Cc1cccc(-c2nnc3n2CN(c2ncccn2)CS3)c1. The monoisotopic (exact) mass is 310 g/mol. The Morgan fingerprint density at radius 2 is 1.95 bits per heavy atom. The van der Waals surface area contributed by atoms with Crippen molar-refractivity contribution in [2.24, 2.45) is 0 Å². The number of benzene rings is 1. The molecule has 0 radical (unpaired) electrons. The number of hydrogen-bond acceptors (Lipinski definition) is 6. The lowest BCUT2D eigenvalue weighted by Crippen LogP contribution is -2.31. The summed E-state index contributed by atoms with van der Waals surface area (Å²) in [5, 5.41) is 9.60. The van der Waals surface area contributed by atoms with Crippen LogP contribution in [0.4, 0.5) is 5.95 Å². The van der Waals surface area contributed by atoms with Crippen molar-refractivity contribution in [3.63, 3.8) is 0 Å². The van der Waals surface area contributed by atoms with Crippen LogP contribution in [0.3, 0.4) is 0 Å². The van der Waals surface area contributed by atoms with E-state index >= 15 is 0 Å². The van der Waals surface area contributed by atoms with Crippen molar-refractivity contribution in [1.82, 2.24) is 24.7 Å². The molecule has 3 aromatic rings. The second-order valence-electron chi connectivity index (χ2n) is 5.11. The summed E-state index contributed by atoms with van der Waals surface area (Å²) in [5.74, 6) is 2.38. The van der Waals surface area contributed by atoms with Gasteiger partial charge in [0, 0.05) is 18.0 Å². The zero-order valence-corrected chi connectivity index (χ0v) is 12.9. The van der Waals surface area contributed by atoms with Gasteiger partial charge in [-0.15, -0.1) is 10.2 Å². The Morgan fingerprint density at radius 3 is 2.77 bits per heavy atom. The zero-order chi connectivity index (χ0) is 14.9. The topological polar surface area (TPSA) is 59.7 Å². The van der Waals surface area contributed by atoms with Gasteiger partial charge in [-0.05, 0) is 19.1 Å². The fourth-order valence-corrected chi connectivity index (χ4v) is 3.31. The molecule has 0 saturated carbocycles. The summed E-state index contributed by atoms with van der Waals surface area (Å²) in [4.78, 5) is 10.8. The van der Waals surface area contributed by atoms with Crippen LogP contribution < -0.4 is 4.90 Å². The van der Waals surface area contributed by atoms with E-state index in [0.717, 1.165) is 28.4 Å². The van der Waals surface area contributed by atoms with Crippen LogP contribution in [0.25, 0.3) is 11.4 Å². The van der Waals surface area contributed by atoms with Crippen molar-refractivity contribution in [2.45, 2.75) is 18.7 Å². The Balaban J connectivity index is 1.71. The van der Waals surface area contributed by atoms with Gasteiger partial charge in [0.1, 0.15) is 6.67 Å². The van der Waals surface area contributed by atoms with Crippen LogP contribution >= 0.6 is 11.8 Å². The van der Waals surface area contributed by atoms with E-state index in [4.69, 9.17) is 0 Å². The maximum Gasteiger partial charge on any atom is 0.227 e. The predicted octanol–water partition coefficient (Wildman–Crippen LogP) is 2.57. The first-order chi connectivity index (χ1) is 10.8. The molecular formula is C15H14N6S. The standard InChI is InChI=1S/C15H14N6S/c1-11-4-2-5-12(8-11)13-18-19-15-21(13)9-20(10-22-15)14-16-6-3-7-17-14/h2-8H,9-10H2,1H3. The van der Waals surface area contributed by atoms with Gasteiger partial charge in [0.2, 0.25) is 5.95 Å². The van der Waals surface area contributed by atoms with Gasteiger partial charge < -0.3 is 4.90 Å². The molecule has 0 fully saturated rings. The largest absolute Gasteiger partial charge is 0.313 e. The molecule has 7 heteroatoms. The van der Waals surface area contributed by atoms with Crippen molar-refractivity contribution in [3.05, 3.63) is 48.3 Å².